The van der Waals surface area contributed by atoms with Gasteiger partial charge in [0, 0.05) is 12.6 Å². The van der Waals surface area contributed by atoms with Gasteiger partial charge in [-0.1, -0.05) is 55.0 Å². The minimum absolute atomic E-state index is 0.0587. The molecular formula is C30H37N3O5S. The molecule has 2 amide bonds. The number of ether oxygens (including phenoxy) is 1. The lowest BCUT2D eigenvalue weighted by atomic mass is 10.1. The Hall–Kier alpha value is -3.85. The summed E-state index contributed by atoms with van der Waals surface area (Å²) in [4.78, 5) is 28.7. The Balaban J connectivity index is 2.05. The number of carbonyl (C=O) groups is 2. The number of benzene rings is 3. The average molecular weight is 552 g/mol. The van der Waals surface area contributed by atoms with Gasteiger partial charge < -0.3 is 15.0 Å². The van der Waals surface area contributed by atoms with Crippen molar-refractivity contribution in [3.63, 3.8) is 0 Å². The Kier molecular flexibility index (Phi) is 10.1. The van der Waals surface area contributed by atoms with Crippen molar-refractivity contribution >= 4 is 27.5 Å². The molecule has 0 spiro atoms. The number of sulfonamides is 1. The number of methoxy groups -OCH3 is 1. The molecule has 1 N–H and O–H groups in total. The number of hydrogen-bond acceptors (Lipinski definition) is 5. The van der Waals surface area contributed by atoms with Crippen LogP contribution in [0.3, 0.4) is 0 Å². The van der Waals surface area contributed by atoms with E-state index in [2.05, 4.69) is 5.32 Å². The lowest BCUT2D eigenvalue weighted by Crippen LogP contribution is -2.53. The van der Waals surface area contributed by atoms with Gasteiger partial charge in [-0.15, -0.1) is 0 Å². The summed E-state index contributed by atoms with van der Waals surface area (Å²) in [7, 11) is -2.59. The first kappa shape index (κ1) is 29.7. The van der Waals surface area contributed by atoms with Crippen molar-refractivity contribution in [1.82, 2.24) is 10.2 Å². The third-order valence-electron chi connectivity index (χ3n) is 6.22. The van der Waals surface area contributed by atoms with Gasteiger partial charge in [-0.3, -0.25) is 13.9 Å². The fraction of sp³-hybridized carbons (Fsp3) is 0.333. The normalized spacial score (nSPS) is 12.1. The molecule has 0 aromatic heterocycles. The van der Waals surface area contributed by atoms with Gasteiger partial charge in [-0.25, -0.2) is 8.42 Å². The zero-order chi connectivity index (χ0) is 28.6. The molecule has 0 aliphatic rings. The number of hydrogen-bond donors (Lipinski definition) is 1. The molecule has 0 radical (unpaired) electrons. The first-order chi connectivity index (χ1) is 18.6. The molecule has 3 aromatic carbocycles. The zero-order valence-electron chi connectivity index (χ0n) is 23.1. The number of rotatable bonds is 12. The predicted octanol–water partition coefficient (Wildman–Crippen LogP) is 4.53. The summed E-state index contributed by atoms with van der Waals surface area (Å²) in [5.74, 6) is -0.215. The van der Waals surface area contributed by atoms with E-state index in [1.54, 1.807) is 42.5 Å². The molecule has 208 valence electrons. The Labute approximate surface area is 231 Å². The first-order valence-electron chi connectivity index (χ1n) is 12.9. The van der Waals surface area contributed by atoms with Crippen LogP contribution < -0.4 is 14.4 Å². The average Bonchev–Trinajstić information content (AvgIpc) is 2.91. The van der Waals surface area contributed by atoms with Crippen LogP contribution in [0.25, 0.3) is 0 Å². The summed E-state index contributed by atoms with van der Waals surface area (Å²) < 4.78 is 33.9. The van der Waals surface area contributed by atoms with Gasteiger partial charge in [-0.2, -0.15) is 0 Å². The smallest absolute Gasteiger partial charge is 0.264 e. The van der Waals surface area contributed by atoms with Crippen LogP contribution in [-0.4, -0.2) is 50.9 Å². The third-order valence-corrected chi connectivity index (χ3v) is 8.01. The number of nitrogens with one attached hydrogen (secondary N) is 1. The van der Waals surface area contributed by atoms with E-state index in [0.29, 0.717) is 17.9 Å². The first-order valence-corrected chi connectivity index (χ1v) is 14.4. The van der Waals surface area contributed by atoms with E-state index < -0.39 is 28.5 Å². The molecule has 0 aliphatic carbocycles. The topological polar surface area (TPSA) is 96.0 Å². The summed E-state index contributed by atoms with van der Waals surface area (Å²) in [6, 6.07) is 21.3. The fourth-order valence-corrected chi connectivity index (χ4v) is 5.74. The van der Waals surface area contributed by atoms with E-state index in [1.165, 1.54) is 24.1 Å². The van der Waals surface area contributed by atoms with E-state index in [9.17, 15) is 18.0 Å². The van der Waals surface area contributed by atoms with E-state index in [4.69, 9.17) is 4.74 Å². The second kappa shape index (κ2) is 13.3. The highest BCUT2D eigenvalue weighted by Gasteiger charge is 2.33. The summed E-state index contributed by atoms with van der Waals surface area (Å²) in [5, 5.41) is 2.90. The molecule has 9 heteroatoms. The maximum atomic E-state index is 14.0. The molecule has 0 heterocycles. The quantitative estimate of drug-likeness (QED) is 0.357. The maximum absolute atomic E-state index is 14.0. The third kappa shape index (κ3) is 7.60. The van der Waals surface area contributed by atoms with Crippen LogP contribution in [0.4, 0.5) is 5.69 Å². The number of aryl methyl sites for hydroxylation is 1. The van der Waals surface area contributed by atoms with Crippen molar-refractivity contribution in [3.05, 3.63) is 90.0 Å². The molecule has 3 rings (SSSR count). The van der Waals surface area contributed by atoms with Gasteiger partial charge in [0.1, 0.15) is 18.3 Å². The molecule has 39 heavy (non-hydrogen) atoms. The van der Waals surface area contributed by atoms with E-state index in [0.717, 1.165) is 15.4 Å². The molecule has 3 aromatic rings. The van der Waals surface area contributed by atoms with Gasteiger partial charge in [0.05, 0.1) is 17.7 Å². The monoisotopic (exact) mass is 551 g/mol. The lowest BCUT2D eigenvalue weighted by molar-refractivity contribution is -0.140. The SMILES string of the molecule is CC[C@H](C(=O)NC(C)C)N(Cc1cccc(C)c1)C(=O)CN(c1ccc(OC)cc1)S(=O)(=O)c1ccccc1. The van der Waals surface area contributed by atoms with Gasteiger partial charge in [0.15, 0.2) is 0 Å². The number of carbonyl (C=O) groups excluding carboxylic acids is 2. The maximum Gasteiger partial charge on any atom is 0.264 e. The van der Waals surface area contributed by atoms with Gasteiger partial charge in [0.25, 0.3) is 10.0 Å². The van der Waals surface area contributed by atoms with Crippen molar-refractivity contribution < 1.29 is 22.7 Å². The molecule has 0 unspecified atom stereocenters. The van der Waals surface area contributed by atoms with Crippen LogP contribution >= 0.6 is 0 Å². The number of amides is 2. The van der Waals surface area contributed by atoms with Crippen molar-refractivity contribution in [2.24, 2.45) is 0 Å². The van der Waals surface area contributed by atoms with Crippen LogP contribution in [0.1, 0.15) is 38.3 Å². The second-order valence-corrected chi connectivity index (χ2v) is 11.5. The fourth-order valence-electron chi connectivity index (χ4n) is 4.30. The number of nitrogens with zero attached hydrogens (tertiary/aromatic N) is 2. The zero-order valence-corrected chi connectivity index (χ0v) is 23.9. The highest BCUT2D eigenvalue weighted by atomic mass is 32.2. The van der Waals surface area contributed by atoms with Crippen LogP contribution in [-0.2, 0) is 26.2 Å². The van der Waals surface area contributed by atoms with Gasteiger partial charge in [-0.05, 0) is 69.2 Å². The molecule has 0 bridgehead atoms. The molecule has 1 atom stereocenters. The van der Waals surface area contributed by atoms with Crippen molar-refractivity contribution in [3.8, 4) is 5.75 Å². The lowest BCUT2D eigenvalue weighted by Gasteiger charge is -2.33. The number of anilines is 1. The Morgan fingerprint density at radius 1 is 0.949 bits per heavy atom. The summed E-state index contributed by atoms with van der Waals surface area (Å²) >= 11 is 0. The minimum Gasteiger partial charge on any atom is -0.497 e. The highest BCUT2D eigenvalue weighted by Crippen LogP contribution is 2.26. The largest absolute Gasteiger partial charge is 0.497 e. The molecule has 8 nitrogen and oxygen atoms in total. The van der Waals surface area contributed by atoms with Crippen molar-refractivity contribution in [2.75, 3.05) is 18.0 Å². The van der Waals surface area contributed by atoms with Crippen molar-refractivity contribution in [2.45, 2.75) is 57.6 Å². The molecule has 0 saturated heterocycles. The van der Waals surface area contributed by atoms with Crippen LogP contribution in [0.2, 0.25) is 0 Å². The van der Waals surface area contributed by atoms with Crippen LogP contribution in [0.5, 0.6) is 5.75 Å². The minimum atomic E-state index is -4.11. The summed E-state index contributed by atoms with van der Waals surface area (Å²) in [6.45, 7) is 7.18. The van der Waals surface area contributed by atoms with E-state index in [1.807, 2.05) is 52.0 Å². The van der Waals surface area contributed by atoms with Crippen LogP contribution in [0.15, 0.2) is 83.8 Å². The standard InChI is InChI=1S/C30H37N3O5S/c1-6-28(30(35)31-22(2)3)32(20-24-12-10-11-23(4)19-24)29(34)21-33(25-15-17-26(38-5)18-16-25)39(36,37)27-13-8-7-9-14-27/h7-19,22,28H,6,20-21H2,1-5H3,(H,31,35)/t28-/m1/s1. The molecular weight excluding hydrogens is 514 g/mol. The summed E-state index contributed by atoms with van der Waals surface area (Å²) in [6.07, 6.45) is 0.365. The Morgan fingerprint density at radius 3 is 2.18 bits per heavy atom. The van der Waals surface area contributed by atoms with Gasteiger partial charge >= 0.3 is 0 Å². The Morgan fingerprint density at radius 2 is 1.62 bits per heavy atom. The van der Waals surface area contributed by atoms with Gasteiger partial charge in [0.2, 0.25) is 11.8 Å². The molecule has 0 aliphatic heterocycles. The Bertz CT molecular complexity index is 1360. The highest BCUT2D eigenvalue weighted by molar-refractivity contribution is 7.92. The van der Waals surface area contributed by atoms with Crippen LogP contribution in [0, 0.1) is 6.92 Å². The molecule has 0 fully saturated rings. The van der Waals surface area contributed by atoms with E-state index >= 15 is 0 Å². The predicted molar refractivity (Wildman–Crippen MR) is 153 cm³/mol. The molecule has 0 saturated carbocycles. The summed E-state index contributed by atoms with van der Waals surface area (Å²) in [5.41, 5.74) is 2.18. The van der Waals surface area contributed by atoms with E-state index in [-0.39, 0.29) is 23.4 Å². The van der Waals surface area contributed by atoms with Crippen molar-refractivity contribution in [1.29, 1.82) is 0 Å². The second-order valence-electron chi connectivity index (χ2n) is 9.62.